The molecule has 0 fully saturated rings. The molecule has 0 aliphatic heterocycles. The normalized spacial score (nSPS) is 13.6. The second kappa shape index (κ2) is 11.9. The number of nitrogens with zero attached hydrogens (tertiary/aromatic N) is 1. The molecule has 2 atom stereocenters. The quantitative estimate of drug-likeness (QED) is 0.643. The smallest absolute Gasteiger partial charge is 0.320 e. The number of hydrogen-bond acceptors (Lipinski definition) is 3. The van der Waals surface area contributed by atoms with Gasteiger partial charge in [-0.2, -0.15) is 0 Å². The van der Waals surface area contributed by atoms with E-state index in [1.165, 1.54) is 0 Å². The van der Waals surface area contributed by atoms with Crippen molar-refractivity contribution >= 4 is 5.97 Å². The first-order valence-electron chi connectivity index (χ1n) is 6.98. The van der Waals surface area contributed by atoms with Crippen LogP contribution < -0.4 is 0 Å². The number of hydrogen-bond donors (Lipinski definition) is 0. The first kappa shape index (κ1) is 18.8. The van der Waals surface area contributed by atoms with Gasteiger partial charge in [-0.1, -0.05) is 27.7 Å². The molecule has 0 aliphatic carbocycles. The Kier molecular flexibility index (Phi) is 13.2. The van der Waals surface area contributed by atoms with Crippen LogP contribution in [0.25, 0.3) is 0 Å². The van der Waals surface area contributed by atoms with Crippen molar-refractivity contribution in [2.24, 2.45) is 0 Å². The van der Waals surface area contributed by atoms with Crippen molar-refractivity contribution in [2.45, 2.75) is 73.4 Å². The number of ether oxygens (including phenoxy) is 1. The molecular formula is C14H31NO2. The maximum absolute atomic E-state index is 11.4. The van der Waals surface area contributed by atoms with E-state index < -0.39 is 0 Å². The molecule has 0 radical (unpaired) electrons. The maximum atomic E-state index is 11.4. The summed E-state index contributed by atoms with van der Waals surface area (Å²) in [7, 11) is 0. The Hall–Kier alpha value is -0.570. The van der Waals surface area contributed by atoms with Crippen LogP contribution in [0.4, 0.5) is 0 Å². The topological polar surface area (TPSA) is 29.5 Å². The number of esters is 1. The van der Waals surface area contributed by atoms with Crippen molar-refractivity contribution in [2.75, 3.05) is 13.2 Å². The van der Waals surface area contributed by atoms with Gasteiger partial charge >= 0.3 is 5.97 Å². The summed E-state index contributed by atoms with van der Waals surface area (Å²) < 4.78 is 4.98. The lowest BCUT2D eigenvalue weighted by Gasteiger charge is -2.32. The van der Waals surface area contributed by atoms with Crippen molar-refractivity contribution in [3.8, 4) is 0 Å². The summed E-state index contributed by atoms with van der Waals surface area (Å²) in [5.74, 6) is -0.113. The van der Waals surface area contributed by atoms with Gasteiger partial charge < -0.3 is 4.74 Å². The lowest BCUT2D eigenvalue weighted by Crippen LogP contribution is -2.43. The van der Waals surface area contributed by atoms with Crippen molar-refractivity contribution in [3.05, 3.63) is 0 Å². The van der Waals surface area contributed by atoms with Gasteiger partial charge in [-0.3, -0.25) is 9.69 Å². The summed E-state index contributed by atoms with van der Waals surface area (Å²) in [6.45, 7) is 15.3. The third-order valence-electron chi connectivity index (χ3n) is 2.93. The van der Waals surface area contributed by atoms with E-state index >= 15 is 0 Å². The van der Waals surface area contributed by atoms with Gasteiger partial charge in [-0.05, 0) is 33.6 Å². The van der Waals surface area contributed by atoms with Crippen molar-refractivity contribution in [1.82, 2.24) is 4.90 Å². The van der Waals surface area contributed by atoms with Gasteiger partial charge in [0.25, 0.3) is 0 Å². The van der Waals surface area contributed by atoms with E-state index in [4.69, 9.17) is 4.74 Å². The zero-order chi connectivity index (χ0) is 13.8. The summed E-state index contributed by atoms with van der Waals surface area (Å²) >= 11 is 0. The lowest BCUT2D eigenvalue weighted by atomic mass is 10.1. The molecule has 0 aromatic heterocycles. The molecule has 17 heavy (non-hydrogen) atoms. The molecular weight excluding hydrogens is 214 g/mol. The minimum atomic E-state index is -0.113. The highest BCUT2D eigenvalue weighted by atomic mass is 16.5. The van der Waals surface area contributed by atoms with E-state index in [0.29, 0.717) is 25.2 Å². The third-order valence-corrected chi connectivity index (χ3v) is 2.93. The Balaban J connectivity index is 0. The molecule has 2 unspecified atom stereocenters. The zero-order valence-electron chi connectivity index (χ0n) is 12.7. The predicted octanol–water partition coefficient (Wildman–Crippen LogP) is 3.47. The Labute approximate surface area is 108 Å². The summed E-state index contributed by atoms with van der Waals surface area (Å²) in [6, 6.07) is 0.869. The second-order valence-corrected chi connectivity index (χ2v) is 3.99. The summed E-state index contributed by atoms with van der Waals surface area (Å²) in [6.07, 6.45) is 2.12. The molecule has 0 saturated carbocycles. The standard InChI is InChI=1S/C12H25NO2.C2H6/c1-6-10(4)13(11(5)7-2)9-12(14)15-8-3;1-2/h10-11H,6-9H2,1-5H3;1-2H3. The highest BCUT2D eigenvalue weighted by Gasteiger charge is 2.20. The molecule has 0 saturated heterocycles. The Morgan fingerprint density at radius 2 is 1.47 bits per heavy atom. The summed E-state index contributed by atoms with van der Waals surface area (Å²) in [4.78, 5) is 13.7. The van der Waals surface area contributed by atoms with Crippen molar-refractivity contribution < 1.29 is 9.53 Å². The van der Waals surface area contributed by atoms with Gasteiger partial charge in [-0.15, -0.1) is 0 Å². The molecule has 0 spiro atoms. The van der Waals surface area contributed by atoms with Crippen LogP contribution in [-0.4, -0.2) is 36.1 Å². The number of rotatable bonds is 7. The molecule has 3 nitrogen and oxygen atoms in total. The largest absolute Gasteiger partial charge is 0.465 e. The maximum Gasteiger partial charge on any atom is 0.320 e. The average Bonchev–Trinajstić information content (AvgIpc) is 2.36. The first-order chi connectivity index (χ1) is 8.06. The zero-order valence-corrected chi connectivity index (χ0v) is 12.7. The number of carbonyl (C=O) groups is 1. The average molecular weight is 245 g/mol. The first-order valence-corrected chi connectivity index (χ1v) is 6.98. The molecule has 0 aromatic carbocycles. The molecule has 0 rings (SSSR count). The summed E-state index contributed by atoms with van der Waals surface area (Å²) in [5, 5.41) is 0. The van der Waals surface area contributed by atoms with E-state index in [9.17, 15) is 4.79 Å². The van der Waals surface area contributed by atoms with E-state index in [-0.39, 0.29) is 5.97 Å². The lowest BCUT2D eigenvalue weighted by molar-refractivity contribution is -0.145. The molecule has 0 N–H and O–H groups in total. The number of carbonyl (C=O) groups excluding carboxylic acids is 1. The van der Waals surface area contributed by atoms with Gasteiger partial charge in [0.15, 0.2) is 0 Å². The van der Waals surface area contributed by atoms with Crippen LogP contribution in [0.2, 0.25) is 0 Å². The third kappa shape index (κ3) is 8.19. The monoisotopic (exact) mass is 245 g/mol. The van der Waals surface area contributed by atoms with Crippen molar-refractivity contribution in [3.63, 3.8) is 0 Å². The highest BCUT2D eigenvalue weighted by molar-refractivity contribution is 5.71. The molecule has 0 aromatic rings. The Bertz CT molecular complexity index is 173. The molecule has 104 valence electrons. The highest BCUT2D eigenvalue weighted by Crippen LogP contribution is 2.11. The minimum Gasteiger partial charge on any atom is -0.465 e. The fraction of sp³-hybridized carbons (Fsp3) is 0.929. The van der Waals surface area contributed by atoms with Crippen LogP contribution >= 0.6 is 0 Å². The Morgan fingerprint density at radius 1 is 1.06 bits per heavy atom. The van der Waals surface area contributed by atoms with E-state index in [1.807, 2.05) is 20.8 Å². The van der Waals surface area contributed by atoms with Gasteiger partial charge in [0, 0.05) is 12.1 Å². The predicted molar refractivity (Wildman–Crippen MR) is 74.2 cm³/mol. The van der Waals surface area contributed by atoms with E-state index in [2.05, 4.69) is 32.6 Å². The van der Waals surface area contributed by atoms with Crippen LogP contribution in [0.15, 0.2) is 0 Å². The molecule has 0 heterocycles. The SMILES string of the molecule is CC.CCOC(=O)CN(C(C)CC)C(C)CC. The van der Waals surface area contributed by atoms with Gasteiger partial charge in [0.2, 0.25) is 0 Å². The van der Waals surface area contributed by atoms with Crippen LogP contribution in [0, 0.1) is 0 Å². The van der Waals surface area contributed by atoms with Gasteiger partial charge in [0.1, 0.15) is 0 Å². The second-order valence-electron chi connectivity index (χ2n) is 3.99. The van der Waals surface area contributed by atoms with Crippen LogP contribution in [0.1, 0.15) is 61.3 Å². The van der Waals surface area contributed by atoms with Crippen LogP contribution in [-0.2, 0) is 9.53 Å². The summed E-state index contributed by atoms with van der Waals surface area (Å²) in [5.41, 5.74) is 0. The Morgan fingerprint density at radius 3 is 1.76 bits per heavy atom. The molecule has 0 aliphatic rings. The van der Waals surface area contributed by atoms with Crippen LogP contribution in [0.5, 0.6) is 0 Å². The van der Waals surface area contributed by atoms with E-state index in [1.54, 1.807) is 0 Å². The molecule has 0 amide bonds. The van der Waals surface area contributed by atoms with E-state index in [0.717, 1.165) is 12.8 Å². The van der Waals surface area contributed by atoms with Gasteiger partial charge in [-0.25, -0.2) is 0 Å². The van der Waals surface area contributed by atoms with Crippen LogP contribution in [0.3, 0.4) is 0 Å². The fourth-order valence-corrected chi connectivity index (χ4v) is 1.57. The van der Waals surface area contributed by atoms with Gasteiger partial charge in [0.05, 0.1) is 13.2 Å². The van der Waals surface area contributed by atoms with Crippen molar-refractivity contribution in [1.29, 1.82) is 0 Å². The fourth-order valence-electron chi connectivity index (χ4n) is 1.57. The molecule has 3 heteroatoms. The molecule has 0 bridgehead atoms. The minimum absolute atomic E-state index is 0.113.